The van der Waals surface area contributed by atoms with Crippen molar-refractivity contribution in [3.8, 4) is 0 Å². The monoisotopic (exact) mass is 292 g/mol. The molecule has 20 heavy (non-hydrogen) atoms. The molecule has 2 unspecified atom stereocenters. The predicted octanol–water partition coefficient (Wildman–Crippen LogP) is -0.445. The summed E-state index contributed by atoms with van der Waals surface area (Å²) in [7, 11) is 0. The number of nitrogens with zero attached hydrogens (tertiary/aromatic N) is 2. The van der Waals surface area contributed by atoms with E-state index in [9.17, 15) is 14.7 Å². The van der Waals surface area contributed by atoms with Crippen LogP contribution in [-0.4, -0.2) is 39.1 Å². The van der Waals surface area contributed by atoms with E-state index in [0.717, 1.165) is 5.57 Å². The van der Waals surface area contributed by atoms with Crippen molar-refractivity contribution in [1.29, 1.82) is 0 Å². The van der Waals surface area contributed by atoms with Crippen LogP contribution in [0.15, 0.2) is 41.9 Å². The van der Waals surface area contributed by atoms with Crippen molar-refractivity contribution in [2.75, 3.05) is 5.75 Å². The number of carboxylic acid groups (broad SMARTS) is 1. The summed E-state index contributed by atoms with van der Waals surface area (Å²) < 4.78 is 1.89. The number of carbonyl (C=O) groups excluding carboxylic acids is 1. The number of carboxylic acids is 1. The van der Waals surface area contributed by atoms with Gasteiger partial charge in [-0.2, -0.15) is 0 Å². The number of rotatable bonds is 3. The van der Waals surface area contributed by atoms with Gasteiger partial charge in [0.2, 0.25) is 5.91 Å². The predicted molar refractivity (Wildman–Crippen MR) is 72.4 cm³/mol. The van der Waals surface area contributed by atoms with Crippen LogP contribution in [0.2, 0.25) is 0 Å². The summed E-state index contributed by atoms with van der Waals surface area (Å²) in [5.74, 6) is -0.802. The zero-order valence-corrected chi connectivity index (χ0v) is 11.4. The molecule has 2 aliphatic rings. The molecule has 3 heterocycles. The molecule has 3 N–H and O–H groups in total. The van der Waals surface area contributed by atoms with Crippen LogP contribution in [0.1, 0.15) is 0 Å². The van der Waals surface area contributed by atoms with E-state index in [1.54, 1.807) is 0 Å². The number of hydrogen-bond acceptors (Lipinski definition) is 4. The smallest absolute Gasteiger partial charge is 0.352 e. The van der Waals surface area contributed by atoms with Crippen LogP contribution >= 0.6 is 11.8 Å². The molecule has 1 aromatic heterocycles. The molecule has 1 saturated heterocycles. The van der Waals surface area contributed by atoms with Crippen LogP contribution in [0.4, 0.5) is 0 Å². The Balaban J connectivity index is 1.94. The molecule has 0 radical (unpaired) electrons. The zero-order valence-electron chi connectivity index (χ0n) is 10.6. The number of thioether (sulfide) groups is 1. The van der Waals surface area contributed by atoms with Crippen molar-refractivity contribution in [2.45, 2.75) is 18.0 Å². The Morgan fingerprint density at radius 2 is 2.15 bits per heavy atom. The summed E-state index contributed by atoms with van der Waals surface area (Å²) in [5.41, 5.74) is 6.53. The first kappa shape index (κ1) is 13.1. The first-order chi connectivity index (χ1) is 9.59. The molecule has 0 spiro atoms. The Morgan fingerprint density at radius 1 is 1.45 bits per heavy atom. The Morgan fingerprint density at radius 3 is 2.80 bits per heavy atom. The molecule has 1 aromatic rings. The standard InChI is InChI=1S/C13H13N3O3S/c14-9-11(17)16-10(13(18)19)8(7-20-12(9)16)6-15-4-2-1-3-5-15/h1-5,9,12H,6-7,14H2/p+1. The highest BCUT2D eigenvalue weighted by Gasteiger charge is 2.52. The van der Waals surface area contributed by atoms with E-state index in [4.69, 9.17) is 5.73 Å². The number of pyridine rings is 1. The maximum absolute atomic E-state index is 11.8. The quantitative estimate of drug-likeness (QED) is 0.582. The van der Waals surface area contributed by atoms with E-state index < -0.39 is 12.0 Å². The highest BCUT2D eigenvalue weighted by molar-refractivity contribution is 8.00. The van der Waals surface area contributed by atoms with Gasteiger partial charge in [-0.05, 0) is 0 Å². The van der Waals surface area contributed by atoms with E-state index in [-0.39, 0.29) is 17.0 Å². The van der Waals surface area contributed by atoms with Crippen molar-refractivity contribution in [2.24, 2.45) is 5.73 Å². The lowest BCUT2D eigenvalue weighted by Gasteiger charge is -2.47. The van der Waals surface area contributed by atoms with Gasteiger partial charge in [-0.25, -0.2) is 9.36 Å². The van der Waals surface area contributed by atoms with Crippen LogP contribution in [0.25, 0.3) is 0 Å². The lowest BCUT2D eigenvalue weighted by Crippen LogP contribution is -2.68. The van der Waals surface area contributed by atoms with Crippen molar-refractivity contribution in [3.05, 3.63) is 41.9 Å². The van der Waals surface area contributed by atoms with Gasteiger partial charge >= 0.3 is 5.97 Å². The Labute approximate surface area is 119 Å². The third-order valence-electron chi connectivity index (χ3n) is 3.44. The number of carbonyl (C=O) groups is 2. The lowest BCUT2D eigenvalue weighted by molar-refractivity contribution is -0.689. The number of aromatic nitrogens is 1. The van der Waals surface area contributed by atoms with Crippen LogP contribution in [0, 0.1) is 0 Å². The van der Waals surface area contributed by atoms with Crippen molar-refractivity contribution < 1.29 is 19.3 Å². The summed E-state index contributed by atoms with van der Waals surface area (Å²) in [5, 5.41) is 9.16. The fourth-order valence-electron chi connectivity index (χ4n) is 2.46. The molecule has 0 aliphatic carbocycles. The minimum Gasteiger partial charge on any atom is -0.477 e. The van der Waals surface area contributed by atoms with Gasteiger partial charge in [-0.3, -0.25) is 9.69 Å². The summed E-state index contributed by atoms with van der Waals surface area (Å²) in [6, 6.07) is 5.07. The molecule has 0 bridgehead atoms. The molecule has 7 heteroatoms. The third kappa shape index (κ3) is 1.99. The Kier molecular flexibility index (Phi) is 3.23. The molecule has 0 saturated carbocycles. The lowest BCUT2D eigenvalue weighted by atomic mass is 10.0. The Bertz CT molecular complexity index is 602. The number of nitrogens with two attached hydrogens (primary N) is 1. The number of aliphatic carboxylic acids is 1. The second-order valence-corrected chi connectivity index (χ2v) is 5.85. The number of β-lactam (4-membered cyclic amide) rings is 1. The average Bonchev–Trinajstić information content (AvgIpc) is 2.46. The van der Waals surface area contributed by atoms with Crippen molar-refractivity contribution in [3.63, 3.8) is 0 Å². The van der Waals surface area contributed by atoms with Gasteiger partial charge < -0.3 is 10.8 Å². The van der Waals surface area contributed by atoms with E-state index in [1.165, 1.54) is 16.7 Å². The van der Waals surface area contributed by atoms with Gasteiger partial charge in [0.25, 0.3) is 0 Å². The molecule has 6 nitrogen and oxygen atoms in total. The molecule has 3 rings (SSSR count). The molecule has 104 valence electrons. The minimum atomic E-state index is -1.07. The topological polar surface area (TPSA) is 87.5 Å². The first-order valence-electron chi connectivity index (χ1n) is 6.19. The average molecular weight is 292 g/mol. The maximum Gasteiger partial charge on any atom is 0.352 e. The molecule has 0 aromatic carbocycles. The maximum atomic E-state index is 11.8. The normalized spacial score (nSPS) is 25.2. The van der Waals surface area contributed by atoms with Crippen LogP contribution in [-0.2, 0) is 16.1 Å². The van der Waals surface area contributed by atoms with Crippen molar-refractivity contribution in [1.82, 2.24) is 4.90 Å². The molecule has 2 atom stereocenters. The van der Waals surface area contributed by atoms with Crippen molar-refractivity contribution >= 4 is 23.6 Å². The highest BCUT2D eigenvalue weighted by atomic mass is 32.2. The van der Waals surface area contributed by atoms with Gasteiger partial charge in [0, 0.05) is 23.5 Å². The van der Waals surface area contributed by atoms with Gasteiger partial charge in [0.1, 0.15) is 17.1 Å². The zero-order chi connectivity index (χ0) is 14.3. The SMILES string of the molecule is NC1C(=O)N2C(C(=O)O)=C(C[n+]3ccccc3)CSC12. The summed E-state index contributed by atoms with van der Waals surface area (Å²) in [6.45, 7) is 0.460. The fraction of sp³-hybridized carbons (Fsp3) is 0.308. The van der Waals surface area contributed by atoms with E-state index in [2.05, 4.69) is 0 Å². The van der Waals surface area contributed by atoms with Crippen LogP contribution in [0.3, 0.4) is 0 Å². The number of hydrogen-bond donors (Lipinski definition) is 2. The summed E-state index contributed by atoms with van der Waals surface area (Å²) >= 11 is 1.52. The molecule has 1 amide bonds. The fourth-order valence-corrected chi connectivity index (χ4v) is 3.74. The second-order valence-electron chi connectivity index (χ2n) is 4.74. The highest BCUT2D eigenvalue weighted by Crippen LogP contribution is 2.39. The number of amides is 1. The van der Waals surface area contributed by atoms with Crippen LogP contribution in [0.5, 0.6) is 0 Å². The van der Waals surface area contributed by atoms with Gasteiger partial charge in [0.05, 0.1) is 0 Å². The van der Waals surface area contributed by atoms with Gasteiger partial charge in [-0.1, -0.05) is 6.07 Å². The van der Waals surface area contributed by atoms with Gasteiger partial charge in [0.15, 0.2) is 18.9 Å². The molecular formula is C13H14N3O3S+. The molecule has 1 fully saturated rings. The van der Waals surface area contributed by atoms with Gasteiger partial charge in [-0.15, -0.1) is 11.8 Å². The minimum absolute atomic E-state index is 0.0943. The number of fused-ring (bicyclic) bond motifs is 1. The largest absolute Gasteiger partial charge is 0.477 e. The first-order valence-corrected chi connectivity index (χ1v) is 7.24. The second kappa shape index (κ2) is 4.92. The van der Waals surface area contributed by atoms with E-state index >= 15 is 0 Å². The van der Waals surface area contributed by atoms with E-state index in [1.807, 2.05) is 35.2 Å². The molecular weight excluding hydrogens is 278 g/mol. The summed E-state index contributed by atoms with van der Waals surface area (Å²) in [4.78, 5) is 24.6. The van der Waals surface area contributed by atoms with Crippen LogP contribution < -0.4 is 10.3 Å². The summed E-state index contributed by atoms with van der Waals surface area (Å²) in [6.07, 6.45) is 3.74. The third-order valence-corrected chi connectivity index (χ3v) is 4.80. The van der Waals surface area contributed by atoms with E-state index in [0.29, 0.717) is 12.3 Å². The molecule has 2 aliphatic heterocycles. The Hall–Kier alpha value is -1.86.